The van der Waals surface area contributed by atoms with Gasteiger partial charge in [-0.2, -0.15) is 0 Å². The van der Waals surface area contributed by atoms with E-state index in [1.165, 1.54) is 0 Å². The molecule has 0 spiro atoms. The molecule has 0 fully saturated rings. The second-order valence-electron chi connectivity index (χ2n) is 7.07. The van der Waals surface area contributed by atoms with Crippen LogP contribution in [0, 0.1) is 6.92 Å². The zero-order valence-corrected chi connectivity index (χ0v) is 18.6. The number of hydrogen-bond acceptors (Lipinski definition) is 2. The van der Waals surface area contributed by atoms with Crippen molar-refractivity contribution in [3.63, 3.8) is 0 Å². The summed E-state index contributed by atoms with van der Waals surface area (Å²) in [6.45, 7) is 1.99. The Hall–Kier alpha value is -2.17. The molecule has 7 heteroatoms. The molecule has 1 aliphatic rings. The van der Waals surface area contributed by atoms with Crippen LogP contribution in [0.1, 0.15) is 33.4 Å². The van der Waals surface area contributed by atoms with Gasteiger partial charge in [0.25, 0.3) is 0 Å². The average Bonchev–Trinajstić information content (AvgIpc) is 3.30. The molecule has 1 atom stereocenters. The number of cyclic esters (lactones) is 1. The van der Waals surface area contributed by atoms with Crippen LogP contribution in [0.5, 0.6) is 0 Å². The third-order valence-corrected chi connectivity index (χ3v) is 7.17. The van der Waals surface area contributed by atoms with Crippen molar-refractivity contribution in [2.75, 3.05) is 0 Å². The highest BCUT2D eigenvalue weighted by molar-refractivity contribution is 6.53. The van der Waals surface area contributed by atoms with Crippen LogP contribution in [0.3, 0.4) is 0 Å². The van der Waals surface area contributed by atoms with Crippen molar-refractivity contribution in [3.05, 3.63) is 97.2 Å². The largest absolute Gasteiger partial charge is 0.447 e. The van der Waals surface area contributed by atoms with E-state index in [1.807, 2.05) is 55.5 Å². The van der Waals surface area contributed by atoms with Crippen molar-refractivity contribution in [3.8, 4) is 11.1 Å². The average molecular weight is 477 g/mol. The Kier molecular flexibility index (Phi) is 4.75. The molecule has 0 N–H and O–H groups in total. The number of aromatic nitrogens is 1. The molecule has 0 aliphatic carbocycles. The fourth-order valence-electron chi connectivity index (χ4n) is 4.04. The number of fused-ring (bicyclic) bond motifs is 2. The van der Waals surface area contributed by atoms with Crippen molar-refractivity contribution in [1.29, 1.82) is 0 Å². The minimum atomic E-state index is -0.786. The van der Waals surface area contributed by atoms with E-state index in [0.29, 0.717) is 5.56 Å². The fourth-order valence-corrected chi connectivity index (χ4v) is 5.09. The van der Waals surface area contributed by atoms with Gasteiger partial charge in [0, 0.05) is 22.3 Å². The summed E-state index contributed by atoms with van der Waals surface area (Å²) in [6.07, 6.45) is -0.786. The zero-order valence-electron chi connectivity index (χ0n) is 15.5. The van der Waals surface area contributed by atoms with Crippen LogP contribution >= 0.6 is 46.4 Å². The van der Waals surface area contributed by atoms with E-state index in [4.69, 9.17) is 51.1 Å². The molecule has 150 valence electrons. The Labute approximate surface area is 192 Å². The Bertz CT molecular complexity index is 1350. The van der Waals surface area contributed by atoms with Crippen molar-refractivity contribution < 1.29 is 9.53 Å². The molecule has 0 saturated heterocycles. The first kappa shape index (κ1) is 19.8. The standard InChI is InChI=1S/C23H13Cl4NO2/c1-11-6-5-9-13-10-14(12-7-3-2-4-8-12)21(28(11)13)22-15-16(23(29)30-22)18(25)20(27)19(26)17(15)24/h2-10,22H,1H3. The summed E-state index contributed by atoms with van der Waals surface area (Å²) in [4.78, 5) is 12.8. The molecule has 3 heterocycles. The second kappa shape index (κ2) is 7.21. The molecule has 0 bridgehead atoms. The number of nitrogens with zero attached hydrogens (tertiary/aromatic N) is 1. The SMILES string of the molecule is Cc1cccc2cc(-c3ccccc3)c(C3OC(=O)c4c(Cl)c(Cl)c(Cl)c(Cl)c43)n12. The van der Waals surface area contributed by atoms with Gasteiger partial charge >= 0.3 is 5.97 Å². The summed E-state index contributed by atoms with van der Waals surface area (Å²) >= 11 is 25.4. The Morgan fingerprint density at radius 3 is 2.30 bits per heavy atom. The number of aryl methyl sites for hydroxylation is 1. The highest BCUT2D eigenvalue weighted by Crippen LogP contribution is 2.51. The first-order valence-electron chi connectivity index (χ1n) is 9.13. The molecule has 1 aliphatic heterocycles. The van der Waals surface area contributed by atoms with Gasteiger partial charge in [-0.1, -0.05) is 82.8 Å². The Morgan fingerprint density at radius 1 is 0.867 bits per heavy atom. The van der Waals surface area contributed by atoms with Crippen molar-refractivity contribution in [1.82, 2.24) is 4.40 Å². The third kappa shape index (κ3) is 2.77. The summed E-state index contributed by atoms with van der Waals surface area (Å²) < 4.78 is 7.88. The van der Waals surface area contributed by atoms with Gasteiger partial charge in [-0.05, 0) is 30.7 Å². The predicted octanol–water partition coefficient (Wildman–Crippen LogP) is 7.79. The van der Waals surface area contributed by atoms with Gasteiger partial charge in [0.15, 0.2) is 6.10 Å². The fraction of sp³-hybridized carbons (Fsp3) is 0.0870. The topological polar surface area (TPSA) is 30.7 Å². The highest BCUT2D eigenvalue weighted by atomic mass is 35.5. The van der Waals surface area contributed by atoms with E-state index < -0.39 is 12.1 Å². The molecule has 0 amide bonds. The molecule has 3 nitrogen and oxygen atoms in total. The molecular weight excluding hydrogens is 464 g/mol. The first-order valence-corrected chi connectivity index (χ1v) is 10.6. The van der Waals surface area contributed by atoms with Crippen LogP contribution < -0.4 is 0 Å². The molecule has 4 aromatic rings. The highest BCUT2D eigenvalue weighted by Gasteiger charge is 2.41. The number of esters is 1. The maximum Gasteiger partial charge on any atom is 0.341 e. The normalized spacial score (nSPS) is 15.5. The minimum Gasteiger partial charge on any atom is -0.447 e. The van der Waals surface area contributed by atoms with Gasteiger partial charge in [-0.3, -0.25) is 0 Å². The Morgan fingerprint density at radius 2 is 1.57 bits per heavy atom. The molecule has 1 unspecified atom stereocenters. The number of ether oxygens (including phenoxy) is 1. The van der Waals surface area contributed by atoms with E-state index in [0.717, 1.165) is 28.0 Å². The van der Waals surface area contributed by atoms with Crippen LogP contribution in [-0.4, -0.2) is 10.4 Å². The van der Waals surface area contributed by atoms with Gasteiger partial charge in [-0.15, -0.1) is 0 Å². The molecule has 2 aromatic heterocycles. The van der Waals surface area contributed by atoms with E-state index >= 15 is 0 Å². The van der Waals surface area contributed by atoms with Gasteiger partial charge in [0.2, 0.25) is 0 Å². The number of pyridine rings is 1. The first-order chi connectivity index (χ1) is 14.4. The van der Waals surface area contributed by atoms with Crippen LogP contribution in [0.2, 0.25) is 20.1 Å². The number of carbonyl (C=O) groups is 1. The quantitative estimate of drug-likeness (QED) is 0.168. The van der Waals surface area contributed by atoms with Gasteiger partial charge in [0.05, 0.1) is 31.3 Å². The maximum absolute atomic E-state index is 12.8. The van der Waals surface area contributed by atoms with E-state index in [1.54, 1.807) is 0 Å². The molecule has 0 saturated carbocycles. The monoisotopic (exact) mass is 475 g/mol. The minimum absolute atomic E-state index is 0.0409. The van der Waals surface area contributed by atoms with Gasteiger partial charge < -0.3 is 9.14 Å². The lowest BCUT2D eigenvalue weighted by atomic mass is 9.97. The van der Waals surface area contributed by atoms with Gasteiger partial charge in [0.1, 0.15) is 0 Å². The van der Waals surface area contributed by atoms with Crippen LogP contribution in [0.25, 0.3) is 16.6 Å². The second-order valence-corrected chi connectivity index (χ2v) is 8.58. The number of hydrogen-bond donors (Lipinski definition) is 0. The van der Waals surface area contributed by atoms with Gasteiger partial charge in [-0.25, -0.2) is 4.79 Å². The molecule has 5 rings (SSSR count). The zero-order chi connectivity index (χ0) is 21.2. The van der Waals surface area contributed by atoms with Crippen LogP contribution in [-0.2, 0) is 4.74 Å². The lowest BCUT2D eigenvalue weighted by Crippen LogP contribution is -2.08. The number of halogens is 4. The lowest BCUT2D eigenvalue weighted by Gasteiger charge is -2.17. The molecule has 0 radical (unpaired) electrons. The molecule has 2 aromatic carbocycles. The van der Waals surface area contributed by atoms with Crippen molar-refractivity contribution in [2.45, 2.75) is 13.0 Å². The van der Waals surface area contributed by atoms with Crippen molar-refractivity contribution in [2.24, 2.45) is 0 Å². The van der Waals surface area contributed by atoms with Crippen LogP contribution in [0.15, 0.2) is 54.6 Å². The predicted molar refractivity (Wildman–Crippen MR) is 121 cm³/mol. The summed E-state index contributed by atoms with van der Waals surface area (Å²) in [5, 5.41) is 0.357. The smallest absolute Gasteiger partial charge is 0.341 e. The third-order valence-electron chi connectivity index (χ3n) is 5.35. The number of carbonyl (C=O) groups excluding carboxylic acids is 1. The summed E-state index contributed by atoms with van der Waals surface area (Å²) in [5.41, 5.74) is 5.23. The summed E-state index contributed by atoms with van der Waals surface area (Å²) in [7, 11) is 0. The summed E-state index contributed by atoms with van der Waals surface area (Å²) in [6, 6.07) is 17.9. The number of rotatable bonds is 2. The Balaban J connectivity index is 1.88. The maximum atomic E-state index is 12.8. The molecule has 30 heavy (non-hydrogen) atoms. The lowest BCUT2D eigenvalue weighted by molar-refractivity contribution is 0.0449. The van der Waals surface area contributed by atoms with E-state index in [2.05, 4.69) is 10.5 Å². The van der Waals surface area contributed by atoms with E-state index in [9.17, 15) is 4.79 Å². The number of benzene rings is 2. The van der Waals surface area contributed by atoms with Crippen molar-refractivity contribution >= 4 is 57.9 Å². The summed E-state index contributed by atoms with van der Waals surface area (Å²) in [5.74, 6) is -0.581. The van der Waals surface area contributed by atoms with E-state index in [-0.39, 0.29) is 25.7 Å². The molecular formula is C23H13Cl4NO2. The van der Waals surface area contributed by atoms with Crippen LogP contribution in [0.4, 0.5) is 0 Å².